The summed E-state index contributed by atoms with van der Waals surface area (Å²) in [5.74, 6) is -0.533. The fourth-order valence-corrected chi connectivity index (χ4v) is 2.85. The van der Waals surface area contributed by atoms with Crippen molar-refractivity contribution < 1.29 is 19.1 Å². The molecule has 2 heterocycles. The molecule has 2 aromatic heterocycles. The molecule has 0 unspecified atom stereocenters. The zero-order valence-electron chi connectivity index (χ0n) is 15.0. The number of fused-ring (bicyclic) bond motifs is 1. The van der Waals surface area contributed by atoms with Crippen LogP contribution in [-0.4, -0.2) is 42.1 Å². The highest BCUT2D eigenvalue weighted by Crippen LogP contribution is 2.18. The molecule has 0 saturated carbocycles. The summed E-state index contributed by atoms with van der Waals surface area (Å²) in [5.41, 5.74) is 1.83. The third-order valence-corrected chi connectivity index (χ3v) is 4.15. The average molecular weight is 365 g/mol. The van der Waals surface area contributed by atoms with Crippen LogP contribution in [0.5, 0.6) is 5.88 Å². The summed E-state index contributed by atoms with van der Waals surface area (Å²) in [4.78, 5) is 33.4. The molecule has 1 atom stereocenters. The number of benzene rings is 1. The Morgan fingerprint density at radius 1 is 1.04 bits per heavy atom. The minimum Gasteiger partial charge on any atom is -0.481 e. The Hall–Kier alpha value is -3.48. The second-order valence-electron chi connectivity index (χ2n) is 5.80. The lowest BCUT2D eigenvalue weighted by Gasteiger charge is -2.18. The molecule has 7 heteroatoms. The van der Waals surface area contributed by atoms with E-state index in [9.17, 15) is 9.59 Å². The predicted molar refractivity (Wildman–Crippen MR) is 99.5 cm³/mol. The summed E-state index contributed by atoms with van der Waals surface area (Å²) < 4.78 is 10.1. The summed E-state index contributed by atoms with van der Waals surface area (Å²) in [6, 6.07) is 11.6. The van der Waals surface area contributed by atoms with Crippen molar-refractivity contribution in [1.29, 1.82) is 0 Å². The number of nitrogens with zero attached hydrogens (tertiary/aromatic N) is 2. The molecule has 7 nitrogen and oxygen atoms in total. The van der Waals surface area contributed by atoms with Gasteiger partial charge < -0.3 is 14.8 Å². The number of para-hydroxylation sites is 1. The molecule has 0 fully saturated rings. The molecule has 0 spiro atoms. The Labute approximate surface area is 156 Å². The van der Waals surface area contributed by atoms with Gasteiger partial charge in [0.1, 0.15) is 6.04 Å². The minimum absolute atomic E-state index is 0.193. The van der Waals surface area contributed by atoms with Gasteiger partial charge in [0.05, 0.1) is 25.3 Å². The van der Waals surface area contributed by atoms with Gasteiger partial charge in [-0.3, -0.25) is 9.78 Å². The maximum atomic E-state index is 12.8. The Morgan fingerprint density at radius 3 is 2.63 bits per heavy atom. The monoisotopic (exact) mass is 365 g/mol. The van der Waals surface area contributed by atoms with E-state index in [0.717, 1.165) is 0 Å². The molecule has 0 aliphatic rings. The number of carbonyl (C=O) groups excluding carboxylic acids is 2. The smallest absolute Gasteiger partial charge is 0.328 e. The quantitative estimate of drug-likeness (QED) is 0.673. The lowest BCUT2D eigenvalue weighted by molar-refractivity contribution is -0.142. The number of ether oxygens (including phenoxy) is 2. The highest BCUT2D eigenvalue weighted by molar-refractivity contribution is 6.07. The first-order valence-corrected chi connectivity index (χ1v) is 8.34. The van der Waals surface area contributed by atoms with Crippen LogP contribution < -0.4 is 10.1 Å². The molecule has 1 N–H and O–H groups in total. The van der Waals surface area contributed by atoms with Crippen molar-refractivity contribution in [3.05, 3.63) is 66.0 Å². The van der Waals surface area contributed by atoms with Crippen molar-refractivity contribution in [3.63, 3.8) is 0 Å². The van der Waals surface area contributed by atoms with Gasteiger partial charge in [0, 0.05) is 29.8 Å². The van der Waals surface area contributed by atoms with Gasteiger partial charge in [-0.25, -0.2) is 9.78 Å². The first-order valence-electron chi connectivity index (χ1n) is 8.34. The number of nitrogens with one attached hydrogen (secondary N) is 1. The largest absolute Gasteiger partial charge is 0.481 e. The maximum Gasteiger partial charge on any atom is 0.328 e. The fourth-order valence-electron chi connectivity index (χ4n) is 2.85. The molecular weight excluding hydrogens is 346 g/mol. The van der Waals surface area contributed by atoms with Crippen molar-refractivity contribution in [3.8, 4) is 5.88 Å². The van der Waals surface area contributed by atoms with Crippen LogP contribution >= 0.6 is 0 Å². The SMILES string of the molecule is COC(=O)[C@H](Cc1cccnc1OC)NC(=O)c1ccnc2ccccc12. The zero-order chi connectivity index (χ0) is 19.2. The number of hydrogen-bond donors (Lipinski definition) is 1. The predicted octanol–water partition coefficient (Wildman–Crippen LogP) is 2.15. The van der Waals surface area contributed by atoms with Crippen LogP contribution in [0.1, 0.15) is 15.9 Å². The van der Waals surface area contributed by atoms with Crippen LogP contribution in [0.15, 0.2) is 54.9 Å². The zero-order valence-corrected chi connectivity index (χ0v) is 15.0. The molecule has 3 aromatic rings. The maximum absolute atomic E-state index is 12.8. The third-order valence-electron chi connectivity index (χ3n) is 4.15. The van der Waals surface area contributed by atoms with Gasteiger partial charge in [0.2, 0.25) is 5.88 Å². The second kappa shape index (κ2) is 8.27. The van der Waals surface area contributed by atoms with Crippen molar-refractivity contribution in [2.75, 3.05) is 14.2 Å². The summed E-state index contributed by atoms with van der Waals surface area (Å²) in [5, 5.41) is 3.46. The van der Waals surface area contributed by atoms with Gasteiger partial charge in [-0.2, -0.15) is 0 Å². The number of carbonyl (C=O) groups is 2. The number of rotatable bonds is 6. The molecule has 0 aliphatic heterocycles. The lowest BCUT2D eigenvalue weighted by Crippen LogP contribution is -2.43. The highest BCUT2D eigenvalue weighted by Gasteiger charge is 2.25. The topological polar surface area (TPSA) is 90.4 Å². The van der Waals surface area contributed by atoms with Crippen LogP contribution in [0.2, 0.25) is 0 Å². The molecular formula is C20H19N3O4. The van der Waals surface area contributed by atoms with Crippen molar-refractivity contribution in [2.24, 2.45) is 0 Å². The van der Waals surface area contributed by atoms with Gasteiger partial charge in [0.25, 0.3) is 5.91 Å². The highest BCUT2D eigenvalue weighted by atomic mass is 16.5. The molecule has 1 aromatic carbocycles. The first kappa shape index (κ1) is 18.3. The normalized spacial score (nSPS) is 11.6. The average Bonchev–Trinajstić information content (AvgIpc) is 2.72. The summed E-state index contributed by atoms with van der Waals surface area (Å²) >= 11 is 0. The van der Waals surface area contributed by atoms with Crippen LogP contribution in [0, 0.1) is 0 Å². The number of pyridine rings is 2. The fraction of sp³-hybridized carbons (Fsp3) is 0.200. The van der Waals surface area contributed by atoms with Gasteiger partial charge in [-0.05, 0) is 18.2 Å². The number of amides is 1. The Balaban J connectivity index is 1.88. The molecule has 1 amide bonds. The summed E-state index contributed by atoms with van der Waals surface area (Å²) in [7, 11) is 2.78. The van der Waals surface area contributed by atoms with E-state index in [1.54, 1.807) is 30.6 Å². The van der Waals surface area contributed by atoms with E-state index in [0.29, 0.717) is 27.9 Å². The van der Waals surface area contributed by atoms with Crippen molar-refractivity contribution in [2.45, 2.75) is 12.5 Å². The second-order valence-corrected chi connectivity index (χ2v) is 5.80. The Morgan fingerprint density at radius 2 is 1.85 bits per heavy atom. The number of esters is 1. The number of methoxy groups -OCH3 is 2. The Kier molecular flexibility index (Phi) is 5.61. The molecule has 0 aliphatic carbocycles. The Bertz CT molecular complexity index is 969. The summed E-state index contributed by atoms with van der Waals surface area (Å²) in [6.45, 7) is 0. The van der Waals surface area contributed by atoms with Crippen molar-refractivity contribution >= 4 is 22.8 Å². The number of hydrogen-bond acceptors (Lipinski definition) is 6. The van der Waals surface area contributed by atoms with Crippen LogP contribution in [0.25, 0.3) is 10.9 Å². The van der Waals surface area contributed by atoms with Crippen molar-refractivity contribution in [1.82, 2.24) is 15.3 Å². The molecule has 0 radical (unpaired) electrons. The molecule has 27 heavy (non-hydrogen) atoms. The van der Waals surface area contributed by atoms with E-state index in [2.05, 4.69) is 15.3 Å². The standard InChI is InChI=1S/C20H19N3O4/c1-26-19-13(6-5-10-22-19)12-17(20(25)27-2)23-18(24)15-9-11-21-16-8-4-3-7-14(15)16/h3-11,17H,12H2,1-2H3,(H,23,24)/t17-/m0/s1. The van der Waals surface area contributed by atoms with Gasteiger partial charge in [-0.1, -0.05) is 24.3 Å². The van der Waals surface area contributed by atoms with Gasteiger partial charge >= 0.3 is 5.97 Å². The van der Waals surface area contributed by atoms with E-state index < -0.39 is 12.0 Å². The summed E-state index contributed by atoms with van der Waals surface area (Å²) in [6.07, 6.45) is 3.35. The lowest BCUT2D eigenvalue weighted by atomic mass is 10.0. The molecule has 138 valence electrons. The first-order chi connectivity index (χ1) is 13.1. The molecule has 0 bridgehead atoms. The third kappa shape index (κ3) is 4.03. The van der Waals surface area contributed by atoms with Gasteiger partial charge in [-0.15, -0.1) is 0 Å². The van der Waals surface area contributed by atoms with Gasteiger partial charge in [0.15, 0.2) is 0 Å². The van der Waals surface area contributed by atoms with E-state index in [1.807, 2.05) is 24.3 Å². The van der Waals surface area contributed by atoms with E-state index in [-0.39, 0.29) is 12.3 Å². The molecule has 0 saturated heterocycles. The van der Waals surface area contributed by atoms with Crippen LogP contribution in [0.4, 0.5) is 0 Å². The number of aromatic nitrogens is 2. The van der Waals surface area contributed by atoms with E-state index in [1.165, 1.54) is 14.2 Å². The minimum atomic E-state index is -0.882. The van der Waals surface area contributed by atoms with Crippen LogP contribution in [-0.2, 0) is 16.0 Å². The van der Waals surface area contributed by atoms with E-state index in [4.69, 9.17) is 9.47 Å². The van der Waals surface area contributed by atoms with Crippen LogP contribution in [0.3, 0.4) is 0 Å². The molecule has 3 rings (SSSR count). The van der Waals surface area contributed by atoms with E-state index >= 15 is 0 Å².